The zero-order chi connectivity index (χ0) is 20.1. The lowest BCUT2D eigenvalue weighted by atomic mass is 9.95. The summed E-state index contributed by atoms with van der Waals surface area (Å²) in [5, 5.41) is 2.66. The number of ether oxygens (including phenoxy) is 1. The summed E-state index contributed by atoms with van der Waals surface area (Å²) in [6.45, 7) is 2.61. The van der Waals surface area contributed by atoms with E-state index in [1.54, 1.807) is 12.1 Å². The lowest BCUT2D eigenvalue weighted by molar-refractivity contribution is -0.157. The van der Waals surface area contributed by atoms with Crippen LogP contribution in [-0.2, 0) is 24.3 Å². The third kappa shape index (κ3) is 4.80. The number of carbonyl (C=O) groups excluding carboxylic acids is 2. The van der Waals surface area contributed by atoms with Crippen molar-refractivity contribution in [3.8, 4) is 0 Å². The molecule has 1 amide bonds. The highest BCUT2D eigenvalue weighted by molar-refractivity contribution is 7.89. The molecule has 152 valence electrons. The number of nitrogens with zero attached hydrogens (tertiary/aromatic N) is 1. The van der Waals surface area contributed by atoms with Gasteiger partial charge in [-0.25, -0.2) is 8.42 Å². The van der Waals surface area contributed by atoms with Crippen LogP contribution in [0.25, 0.3) is 0 Å². The Bertz CT molecular complexity index is 842. The Morgan fingerprint density at radius 2 is 1.82 bits per heavy atom. The molecule has 2 aliphatic rings. The van der Waals surface area contributed by atoms with E-state index in [0.29, 0.717) is 25.2 Å². The van der Waals surface area contributed by atoms with Crippen molar-refractivity contribution < 1.29 is 22.7 Å². The van der Waals surface area contributed by atoms with E-state index in [1.165, 1.54) is 23.4 Å². The highest BCUT2D eigenvalue weighted by Gasteiger charge is 2.27. The van der Waals surface area contributed by atoms with E-state index in [4.69, 9.17) is 4.74 Å². The average molecular weight is 407 g/mol. The maximum atomic E-state index is 12.5. The second-order valence-electron chi connectivity index (χ2n) is 7.19. The Balaban J connectivity index is 1.56. The van der Waals surface area contributed by atoms with E-state index in [2.05, 4.69) is 5.32 Å². The molecule has 0 aromatic heterocycles. The number of amides is 1. The van der Waals surface area contributed by atoms with E-state index in [0.717, 1.165) is 25.7 Å². The van der Waals surface area contributed by atoms with Crippen molar-refractivity contribution in [3.63, 3.8) is 0 Å². The largest absolute Gasteiger partial charge is 0.452 e. The van der Waals surface area contributed by atoms with Gasteiger partial charge in [0.1, 0.15) is 0 Å². The number of sulfonamides is 1. The second kappa shape index (κ2) is 8.87. The Kier molecular flexibility index (Phi) is 6.51. The van der Waals surface area contributed by atoms with Gasteiger partial charge >= 0.3 is 5.97 Å². The van der Waals surface area contributed by atoms with Gasteiger partial charge in [0.25, 0.3) is 5.91 Å². The number of benzene rings is 1. The van der Waals surface area contributed by atoms with Crippen molar-refractivity contribution in [2.24, 2.45) is 5.92 Å². The predicted molar refractivity (Wildman–Crippen MR) is 105 cm³/mol. The molecule has 0 bridgehead atoms. The van der Waals surface area contributed by atoms with Crippen molar-refractivity contribution >= 4 is 27.6 Å². The van der Waals surface area contributed by atoms with Crippen LogP contribution >= 0.6 is 0 Å². The smallest absolute Gasteiger partial charge is 0.310 e. The minimum absolute atomic E-state index is 0.199. The number of rotatable bonds is 6. The maximum Gasteiger partial charge on any atom is 0.310 e. The molecule has 1 aliphatic heterocycles. The normalized spacial score (nSPS) is 21.2. The van der Waals surface area contributed by atoms with Crippen LogP contribution in [0.1, 0.15) is 39.0 Å². The molecule has 1 N–H and O–H groups in total. The topological polar surface area (TPSA) is 92.8 Å². The van der Waals surface area contributed by atoms with Crippen LogP contribution in [0.15, 0.2) is 41.3 Å². The van der Waals surface area contributed by atoms with Crippen molar-refractivity contribution in [1.82, 2.24) is 4.31 Å². The van der Waals surface area contributed by atoms with E-state index >= 15 is 0 Å². The fraction of sp³-hybridized carbons (Fsp3) is 0.500. The molecule has 0 saturated carbocycles. The number of allylic oxidation sites excluding steroid dienone is 2. The Morgan fingerprint density at radius 3 is 2.43 bits per heavy atom. The Morgan fingerprint density at radius 1 is 1.14 bits per heavy atom. The van der Waals surface area contributed by atoms with Crippen LogP contribution in [-0.4, -0.2) is 43.8 Å². The molecule has 1 aromatic carbocycles. The summed E-state index contributed by atoms with van der Waals surface area (Å²) >= 11 is 0. The standard InChI is InChI=1S/C20H26N2O5S/c1-15(27-20(24)16-7-3-2-4-8-16)19(23)21-17-9-11-18(12-10-17)28(25,26)22-13-5-6-14-22/h2-3,9-12,15-16H,4-8,13-14H2,1H3,(H,21,23)/t15-,16-/m0/s1. The summed E-state index contributed by atoms with van der Waals surface area (Å²) in [6.07, 6.45) is 7.03. The minimum Gasteiger partial charge on any atom is -0.452 e. The van der Waals surface area contributed by atoms with Crippen LogP contribution < -0.4 is 5.32 Å². The number of anilines is 1. The first-order valence-electron chi connectivity index (χ1n) is 9.64. The molecule has 2 atom stereocenters. The zero-order valence-electron chi connectivity index (χ0n) is 16.0. The summed E-state index contributed by atoms with van der Waals surface area (Å²) in [5.41, 5.74) is 0.453. The van der Waals surface area contributed by atoms with Gasteiger partial charge < -0.3 is 10.1 Å². The third-order valence-electron chi connectivity index (χ3n) is 5.09. The number of nitrogens with one attached hydrogen (secondary N) is 1. The molecule has 1 heterocycles. The van der Waals surface area contributed by atoms with Crippen LogP contribution in [0.4, 0.5) is 5.69 Å². The molecule has 0 radical (unpaired) electrons. The summed E-state index contributed by atoms with van der Waals surface area (Å²) in [5.74, 6) is -1.01. The fourth-order valence-corrected chi connectivity index (χ4v) is 4.88. The quantitative estimate of drug-likeness (QED) is 0.579. The molecule has 7 nitrogen and oxygen atoms in total. The average Bonchev–Trinajstić information content (AvgIpc) is 3.25. The molecule has 28 heavy (non-hydrogen) atoms. The maximum absolute atomic E-state index is 12.5. The van der Waals surface area contributed by atoms with Gasteiger partial charge in [-0.1, -0.05) is 12.2 Å². The molecule has 1 fully saturated rings. The van der Waals surface area contributed by atoms with Gasteiger partial charge in [-0.3, -0.25) is 9.59 Å². The predicted octanol–water partition coefficient (Wildman–Crippen LogP) is 2.70. The summed E-state index contributed by atoms with van der Waals surface area (Å²) in [7, 11) is -3.48. The number of esters is 1. The molecule has 1 aromatic rings. The van der Waals surface area contributed by atoms with Gasteiger partial charge in [0.2, 0.25) is 10.0 Å². The van der Waals surface area contributed by atoms with Gasteiger partial charge in [0.15, 0.2) is 6.10 Å². The monoisotopic (exact) mass is 406 g/mol. The number of hydrogen-bond donors (Lipinski definition) is 1. The molecule has 1 aliphatic carbocycles. The number of carbonyl (C=O) groups is 2. The van der Waals surface area contributed by atoms with Crippen LogP contribution in [0.3, 0.4) is 0 Å². The summed E-state index contributed by atoms with van der Waals surface area (Å²) in [6, 6.07) is 6.05. The third-order valence-corrected chi connectivity index (χ3v) is 7.00. The Labute approximate surface area is 165 Å². The molecule has 0 unspecified atom stereocenters. The highest BCUT2D eigenvalue weighted by Crippen LogP contribution is 2.23. The van der Waals surface area contributed by atoms with Gasteiger partial charge in [-0.2, -0.15) is 4.31 Å². The first-order valence-corrected chi connectivity index (χ1v) is 11.1. The van der Waals surface area contributed by atoms with Crippen molar-refractivity contribution in [3.05, 3.63) is 36.4 Å². The molecule has 3 rings (SSSR count). The zero-order valence-corrected chi connectivity index (χ0v) is 16.8. The lowest BCUT2D eigenvalue weighted by Crippen LogP contribution is -2.32. The summed E-state index contributed by atoms with van der Waals surface area (Å²) in [4.78, 5) is 24.6. The SMILES string of the molecule is C[C@H](OC(=O)[C@H]1CC=CCC1)C(=O)Nc1ccc(S(=O)(=O)N2CCCC2)cc1. The molecule has 8 heteroatoms. The first-order chi connectivity index (χ1) is 13.4. The van der Waals surface area contributed by atoms with E-state index in [-0.39, 0.29) is 16.8 Å². The fourth-order valence-electron chi connectivity index (χ4n) is 3.36. The van der Waals surface area contributed by atoms with Crippen LogP contribution in [0.2, 0.25) is 0 Å². The van der Waals surface area contributed by atoms with Crippen LogP contribution in [0, 0.1) is 5.92 Å². The number of hydrogen-bond acceptors (Lipinski definition) is 5. The van der Waals surface area contributed by atoms with Crippen LogP contribution in [0.5, 0.6) is 0 Å². The molecular weight excluding hydrogens is 380 g/mol. The Hall–Kier alpha value is -2.19. The molecule has 1 saturated heterocycles. The molecular formula is C20H26N2O5S. The first kappa shape index (κ1) is 20.5. The lowest BCUT2D eigenvalue weighted by Gasteiger charge is -2.20. The van der Waals surface area contributed by atoms with E-state index in [9.17, 15) is 18.0 Å². The van der Waals surface area contributed by atoms with Gasteiger partial charge in [0.05, 0.1) is 10.8 Å². The van der Waals surface area contributed by atoms with Crippen molar-refractivity contribution in [1.29, 1.82) is 0 Å². The second-order valence-corrected chi connectivity index (χ2v) is 9.12. The highest BCUT2D eigenvalue weighted by atomic mass is 32.2. The van der Waals surface area contributed by atoms with Crippen molar-refractivity contribution in [2.75, 3.05) is 18.4 Å². The van der Waals surface area contributed by atoms with Crippen molar-refractivity contribution in [2.45, 2.75) is 50.0 Å². The molecule has 0 spiro atoms. The van der Waals surface area contributed by atoms with Gasteiger partial charge in [0, 0.05) is 18.8 Å². The van der Waals surface area contributed by atoms with Gasteiger partial charge in [-0.05, 0) is 63.3 Å². The van der Waals surface area contributed by atoms with Gasteiger partial charge in [-0.15, -0.1) is 0 Å². The minimum atomic E-state index is -3.48. The van der Waals surface area contributed by atoms with E-state index < -0.39 is 22.0 Å². The van der Waals surface area contributed by atoms with E-state index in [1.807, 2.05) is 12.2 Å². The summed E-state index contributed by atoms with van der Waals surface area (Å²) < 4.78 is 31.8.